The molecule has 0 amide bonds. The van der Waals surface area contributed by atoms with E-state index in [9.17, 15) is 0 Å². The number of aryl methyl sites for hydroxylation is 1. The van der Waals surface area contributed by atoms with Crippen LogP contribution in [0.2, 0.25) is 0 Å². The van der Waals surface area contributed by atoms with Crippen molar-refractivity contribution in [1.82, 2.24) is 4.90 Å². The zero-order valence-electron chi connectivity index (χ0n) is 11.5. The molecule has 96 valence electrons. The minimum Gasteiger partial charge on any atom is -0.295 e. The second-order valence-corrected chi connectivity index (χ2v) is 5.08. The fraction of sp³-hybridized carbons (Fsp3) is 0.412. The summed E-state index contributed by atoms with van der Waals surface area (Å²) in [5, 5.41) is 0. The number of benzene rings is 1. The molecular formula is C17H23N. The Bertz CT molecular complexity index is 443. The average molecular weight is 241 g/mol. The van der Waals surface area contributed by atoms with Crippen molar-refractivity contribution in [2.45, 2.75) is 33.2 Å². The van der Waals surface area contributed by atoms with Gasteiger partial charge in [0, 0.05) is 13.1 Å². The summed E-state index contributed by atoms with van der Waals surface area (Å²) in [5.41, 5.74) is 4.33. The van der Waals surface area contributed by atoms with Gasteiger partial charge in [0.1, 0.15) is 0 Å². The minimum absolute atomic E-state index is 1.05. The summed E-state index contributed by atoms with van der Waals surface area (Å²) >= 11 is 0. The summed E-state index contributed by atoms with van der Waals surface area (Å²) in [5.74, 6) is 0. The van der Waals surface area contributed by atoms with Gasteiger partial charge in [0.15, 0.2) is 0 Å². The molecule has 1 nitrogen and oxygen atoms in total. The van der Waals surface area contributed by atoms with Crippen LogP contribution in [0.5, 0.6) is 0 Å². The van der Waals surface area contributed by atoms with Crippen molar-refractivity contribution >= 4 is 0 Å². The SMILES string of the molecule is CCN(CC1=CC=CCC1)Cc1cccc(C)c1. The van der Waals surface area contributed by atoms with Crippen LogP contribution in [0.3, 0.4) is 0 Å². The van der Waals surface area contributed by atoms with Gasteiger partial charge in [0.05, 0.1) is 0 Å². The Morgan fingerprint density at radius 2 is 2.11 bits per heavy atom. The van der Waals surface area contributed by atoms with Gasteiger partial charge in [0.2, 0.25) is 0 Å². The van der Waals surface area contributed by atoms with E-state index in [1.807, 2.05) is 0 Å². The van der Waals surface area contributed by atoms with E-state index in [2.05, 4.69) is 61.2 Å². The molecule has 0 N–H and O–H groups in total. The third kappa shape index (κ3) is 3.85. The number of allylic oxidation sites excluding steroid dienone is 3. The highest BCUT2D eigenvalue weighted by Crippen LogP contribution is 2.15. The van der Waals surface area contributed by atoms with Gasteiger partial charge in [-0.3, -0.25) is 4.90 Å². The number of likely N-dealkylation sites (N-methyl/N-ethyl adjacent to an activating group) is 1. The third-order valence-corrected chi connectivity index (χ3v) is 3.46. The normalized spacial score (nSPS) is 14.9. The lowest BCUT2D eigenvalue weighted by molar-refractivity contribution is 0.301. The van der Waals surface area contributed by atoms with Crippen LogP contribution in [0.4, 0.5) is 0 Å². The molecular weight excluding hydrogens is 218 g/mol. The highest BCUT2D eigenvalue weighted by molar-refractivity contribution is 5.23. The smallest absolute Gasteiger partial charge is 0.0237 e. The van der Waals surface area contributed by atoms with Crippen LogP contribution >= 0.6 is 0 Å². The van der Waals surface area contributed by atoms with Crippen LogP contribution < -0.4 is 0 Å². The molecule has 0 bridgehead atoms. The molecule has 0 heterocycles. The molecule has 1 aliphatic carbocycles. The van der Waals surface area contributed by atoms with E-state index in [1.54, 1.807) is 5.57 Å². The first-order valence-corrected chi connectivity index (χ1v) is 6.90. The molecule has 1 heteroatoms. The first-order chi connectivity index (χ1) is 8.78. The minimum atomic E-state index is 1.05. The second kappa shape index (κ2) is 6.55. The second-order valence-electron chi connectivity index (χ2n) is 5.08. The highest BCUT2D eigenvalue weighted by Gasteiger charge is 2.07. The van der Waals surface area contributed by atoms with Crippen molar-refractivity contribution in [3.8, 4) is 0 Å². The lowest BCUT2D eigenvalue weighted by Crippen LogP contribution is -2.25. The van der Waals surface area contributed by atoms with Crippen LogP contribution in [0.1, 0.15) is 30.9 Å². The molecule has 0 saturated carbocycles. The molecule has 0 saturated heterocycles. The molecule has 1 aromatic rings. The lowest BCUT2D eigenvalue weighted by Gasteiger charge is -2.23. The van der Waals surface area contributed by atoms with Crippen LogP contribution in [0, 0.1) is 6.92 Å². The number of rotatable bonds is 5. The Morgan fingerprint density at radius 1 is 1.22 bits per heavy atom. The predicted molar refractivity (Wildman–Crippen MR) is 78.6 cm³/mol. The predicted octanol–water partition coefficient (Wildman–Crippen LogP) is 4.09. The summed E-state index contributed by atoms with van der Waals surface area (Å²) in [7, 11) is 0. The molecule has 1 aromatic carbocycles. The Balaban J connectivity index is 1.96. The van der Waals surface area contributed by atoms with E-state index in [0.717, 1.165) is 19.6 Å². The first-order valence-electron chi connectivity index (χ1n) is 6.90. The standard InChI is InChI=1S/C17H23N/c1-3-18(13-16-9-5-4-6-10-16)14-17-11-7-8-15(2)12-17/h4-5,7-9,11-12H,3,6,10,13-14H2,1-2H3. The van der Waals surface area contributed by atoms with Gasteiger partial charge in [-0.25, -0.2) is 0 Å². The largest absolute Gasteiger partial charge is 0.295 e. The maximum absolute atomic E-state index is 2.51. The van der Waals surface area contributed by atoms with Crippen molar-refractivity contribution in [2.75, 3.05) is 13.1 Å². The van der Waals surface area contributed by atoms with Gasteiger partial charge in [-0.05, 0) is 31.9 Å². The first kappa shape index (κ1) is 13.1. The highest BCUT2D eigenvalue weighted by atomic mass is 15.1. The molecule has 2 rings (SSSR count). The average Bonchev–Trinajstić information content (AvgIpc) is 2.39. The quantitative estimate of drug-likeness (QED) is 0.750. The van der Waals surface area contributed by atoms with Crippen molar-refractivity contribution < 1.29 is 0 Å². The van der Waals surface area contributed by atoms with Crippen LogP contribution in [0.25, 0.3) is 0 Å². The number of nitrogens with zero attached hydrogens (tertiary/aromatic N) is 1. The van der Waals surface area contributed by atoms with Crippen LogP contribution in [-0.2, 0) is 6.54 Å². The summed E-state index contributed by atoms with van der Waals surface area (Å²) < 4.78 is 0. The van der Waals surface area contributed by atoms with Crippen molar-refractivity contribution in [3.05, 3.63) is 59.2 Å². The van der Waals surface area contributed by atoms with E-state index >= 15 is 0 Å². The van der Waals surface area contributed by atoms with E-state index in [1.165, 1.54) is 24.0 Å². The monoisotopic (exact) mass is 241 g/mol. The molecule has 0 atom stereocenters. The molecule has 1 aliphatic rings. The fourth-order valence-electron chi connectivity index (χ4n) is 2.42. The Labute approximate surface area is 111 Å². The molecule has 18 heavy (non-hydrogen) atoms. The van der Waals surface area contributed by atoms with Gasteiger partial charge >= 0.3 is 0 Å². The van der Waals surface area contributed by atoms with Gasteiger partial charge < -0.3 is 0 Å². The Kier molecular flexibility index (Phi) is 4.77. The Hall–Kier alpha value is -1.34. The summed E-state index contributed by atoms with van der Waals surface area (Å²) in [6.45, 7) is 7.67. The van der Waals surface area contributed by atoms with E-state index in [0.29, 0.717) is 0 Å². The van der Waals surface area contributed by atoms with Gasteiger partial charge in [-0.2, -0.15) is 0 Å². The van der Waals surface area contributed by atoms with E-state index in [4.69, 9.17) is 0 Å². The topological polar surface area (TPSA) is 3.24 Å². The van der Waals surface area contributed by atoms with E-state index in [-0.39, 0.29) is 0 Å². The fourth-order valence-corrected chi connectivity index (χ4v) is 2.42. The van der Waals surface area contributed by atoms with Gasteiger partial charge in [-0.15, -0.1) is 0 Å². The molecule has 0 fully saturated rings. The summed E-state index contributed by atoms with van der Waals surface area (Å²) in [6, 6.07) is 8.83. The van der Waals surface area contributed by atoms with E-state index < -0.39 is 0 Å². The zero-order valence-corrected chi connectivity index (χ0v) is 11.5. The third-order valence-electron chi connectivity index (χ3n) is 3.46. The molecule has 0 unspecified atom stereocenters. The molecule has 0 spiro atoms. The Morgan fingerprint density at radius 3 is 2.78 bits per heavy atom. The molecule has 0 aromatic heterocycles. The maximum Gasteiger partial charge on any atom is 0.0237 e. The molecule has 0 aliphatic heterocycles. The number of hydrogen-bond acceptors (Lipinski definition) is 1. The van der Waals surface area contributed by atoms with Crippen molar-refractivity contribution in [3.63, 3.8) is 0 Å². The van der Waals surface area contributed by atoms with Crippen LogP contribution in [0.15, 0.2) is 48.1 Å². The molecule has 0 radical (unpaired) electrons. The van der Waals surface area contributed by atoms with Crippen molar-refractivity contribution in [1.29, 1.82) is 0 Å². The maximum atomic E-state index is 2.51. The summed E-state index contributed by atoms with van der Waals surface area (Å²) in [6.07, 6.45) is 9.15. The lowest BCUT2D eigenvalue weighted by atomic mass is 10.0. The number of hydrogen-bond donors (Lipinski definition) is 0. The zero-order chi connectivity index (χ0) is 12.8. The van der Waals surface area contributed by atoms with Gasteiger partial charge in [-0.1, -0.05) is 60.6 Å². The van der Waals surface area contributed by atoms with Crippen molar-refractivity contribution in [2.24, 2.45) is 0 Å². The summed E-state index contributed by atoms with van der Waals surface area (Å²) in [4.78, 5) is 2.51. The van der Waals surface area contributed by atoms with Gasteiger partial charge in [0.25, 0.3) is 0 Å². The van der Waals surface area contributed by atoms with Crippen LogP contribution in [-0.4, -0.2) is 18.0 Å².